The number of benzene rings is 1. The van der Waals surface area contributed by atoms with Gasteiger partial charge >= 0.3 is 12.2 Å². The van der Waals surface area contributed by atoms with E-state index in [9.17, 15) is 9.59 Å². The van der Waals surface area contributed by atoms with Crippen molar-refractivity contribution in [3.63, 3.8) is 0 Å². The highest BCUT2D eigenvalue weighted by molar-refractivity contribution is 5.69. The number of aryl methyl sites for hydroxylation is 1. The SMILES string of the molecule is CC(C)(C)OC(=O)N1CCN(c2cnc3c(c2)CC[C@H](NC(=O)OCc2ccccc2)C3)CC1. The Balaban J connectivity index is 1.26. The fourth-order valence-corrected chi connectivity index (χ4v) is 4.29. The first-order valence-electron chi connectivity index (χ1n) is 11.9. The molecule has 0 radical (unpaired) electrons. The summed E-state index contributed by atoms with van der Waals surface area (Å²) in [7, 11) is 0. The second kappa shape index (κ2) is 10.3. The Morgan fingerprint density at radius 2 is 1.85 bits per heavy atom. The summed E-state index contributed by atoms with van der Waals surface area (Å²) in [6.07, 6.45) is 3.66. The van der Waals surface area contributed by atoms with Crippen LogP contribution in [0.2, 0.25) is 0 Å². The number of nitrogens with one attached hydrogen (secondary N) is 1. The zero-order valence-electron chi connectivity index (χ0n) is 20.3. The number of amides is 2. The molecule has 2 amide bonds. The standard InChI is InChI=1S/C26H34N4O4/c1-26(2,3)34-25(32)30-13-11-29(12-14-30)22-15-20-9-10-21(16-23(20)27-17-22)28-24(31)33-18-19-7-5-4-6-8-19/h4-8,15,17,21H,9-14,16,18H2,1-3H3,(H,28,31)/t21-/m0/s1. The van der Waals surface area contributed by atoms with E-state index in [2.05, 4.69) is 16.3 Å². The van der Waals surface area contributed by atoms with Gasteiger partial charge < -0.3 is 24.6 Å². The number of pyridine rings is 1. The van der Waals surface area contributed by atoms with Crippen LogP contribution in [0.3, 0.4) is 0 Å². The highest BCUT2D eigenvalue weighted by Crippen LogP contribution is 2.25. The summed E-state index contributed by atoms with van der Waals surface area (Å²) in [5.41, 5.74) is 3.81. The van der Waals surface area contributed by atoms with Gasteiger partial charge in [-0.15, -0.1) is 0 Å². The number of ether oxygens (including phenoxy) is 2. The quantitative estimate of drug-likeness (QED) is 0.735. The minimum Gasteiger partial charge on any atom is -0.445 e. The summed E-state index contributed by atoms with van der Waals surface area (Å²) in [5, 5.41) is 2.98. The van der Waals surface area contributed by atoms with E-state index in [0.29, 0.717) is 19.5 Å². The molecule has 0 bridgehead atoms. The van der Waals surface area contributed by atoms with Crippen LogP contribution in [0.1, 0.15) is 44.0 Å². The molecule has 1 N–H and O–H groups in total. The number of nitrogens with zero attached hydrogens (tertiary/aromatic N) is 3. The molecule has 34 heavy (non-hydrogen) atoms. The maximum absolute atomic E-state index is 12.3. The number of alkyl carbamates (subject to hydrolysis) is 1. The molecular weight excluding hydrogens is 432 g/mol. The molecule has 1 atom stereocenters. The maximum Gasteiger partial charge on any atom is 0.410 e. The minimum absolute atomic E-state index is 0.0199. The molecule has 182 valence electrons. The second-order valence-electron chi connectivity index (χ2n) is 9.90. The van der Waals surface area contributed by atoms with Gasteiger partial charge in [-0.05, 0) is 50.8 Å². The van der Waals surface area contributed by atoms with E-state index >= 15 is 0 Å². The van der Waals surface area contributed by atoms with Crippen LogP contribution in [0.25, 0.3) is 0 Å². The second-order valence-corrected chi connectivity index (χ2v) is 9.90. The van der Waals surface area contributed by atoms with E-state index in [4.69, 9.17) is 14.5 Å². The molecule has 0 spiro atoms. The third kappa shape index (κ3) is 6.40. The third-order valence-corrected chi connectivity index (χ3v) is 6.08. The number of carbonyl (C=O) groups excluding carboxylic acids is 2. The van der Waals surface area contributed by atoms with Gasteiger partial charge in [0, 0.05) is 44.3 Å². The lowest BCUT2D eigenvalue weighted by Crippen LogP contribution is -2.50. The lowest BCUT2D eigenvalue weighted by Gasteiger charge is -2.37. The first kappa shape index (κ1) is 23.9. The summed E-state index contributed by atoms with van der Waals surface area (Å²) in [4.78, 5) is 33.3. The molecule has 4 rings (SSSR count). The molecule has 2 heterocycles. The molecule has 8 nitrogen and oxygen atoms in total. The molecule has 2 aromatic rings. The summed E-state index contributed by atoms with van der Waals surface area (Å²) in [6, 6.07) is 11.9. The van der Waals surface area contributed by atoms with Gasteiger partial charge in [-0.25, -0.2) is 9.59 Å². The molecule has 0 saturated carbocycles. The molecule has 2 aliphatic rings. The van der Waals surface area contributed by atoms with Crippen molar-refractivity contribution in [2.45, 2.75) is 58.3 Å². The summed E-state index contributed by atoms with van der Waals surface area (Å²) in [6.45, 7) is 8.66. The number of anilines is 1. The van der Waals surface area contributed by atoms with Crippen LogP contribution < -0.4 is 10.2 Å². The summed E-state index contributed by atoms with van der Waals surface area (Å²) in [5.74, 6) is 0. The zero-order chi connectivity index (χ0) is 24.1. The summed E-state index contributed by atoms with van der Waals surface area (Å²) < 4.78 is 10.8. The number of rotatable bonds is 4. The number of piperazine rings is 1. The van der Waals surface area contributed by atoms with Crippen molar-refractivity contribution in [2.24, 2.45) is 0 Å². The molecular formula is C26H34N4O4. The van der Waals surface area contributed by atoms with Gasteiger partial charge in [0.1, 0.15) is 12.2 Å². The van der Waals surface area contributed by atoms with E-state index in [0.717, 1.165) is 42.9 Å². The number of hydrogen-bond acceptors (Lipinski definition) is 6. The van der Waals surface area contributed by atoms with Gasteiger partial charge in [0.25, 0.3) is 0 Å². The lowest BCUT2D eigenvalue weighted by molar-refractivity contribution is 0.0240. The fraction of sp³-hybridized carbons (Fsp3) is 0.500. The third-order valence-electron chi connectivity index (χ3n) is 6.08. The van der Waals surface area contributed by atoms with Crippen LogP contribution in [-0.4, -0.2) is 59.9 Å². The average molecular weight is 467 g/mol. The average Bonchev–Trinajstić information content (AvgIpc) is 2.82. The Morgan fingerprint density at radius 1 is 1.12 bits per heavy atom. The van der Waals surface area contributed by atoms with Crippen molar-refractivity contribution in [3.05, 3.63) is 59.4 Å². The molecule has 0 unspecified atom stereocenters. The monoisotopic (exact) mass is 466 g/mol. The summed E-state index contributed by atoms with van der Waals surface area (Å²) >= 11 is 0. The van der Waals surface area contributed by atoms with E-state index in [1.54, 1.807) is 4.90 Å². The van der Waals surface area contributed by atoms with Crippen molar-refractivity contribution in [3.8, 4) is 0 Å². The van der Waals surface area contributed by atoms with Crippen LogP contribution >= 0.6 is 0 Å². The van der Waals surface area contributed by atoms with Crippen LogP contribution in [0.15, 0.2) is 42.6 Å². The normalized spacial score (nSPS) is 18.1. The Kier molecular flexibility index (Phi) is 7.24. The topological polar surface area (TPSA) is 84.0 Å². The van der Waals surface area contributed by atoms with Gasteiger partial charge in [-0.1, -0.05) is 30.3 Å². The first-order valence-corrected chi connectivity index (χ1v) is 11.9. The molecule has 1 aromatic heterocycles. The molecule has 8 heteroatoms. The largest absolute Gasteiger partial charge is 0.445 e. The van der Waals surface area contributed by atoms with Crippen molar-refractivity contribution in [1.29, 1.82) is 0 Å². The van der Waals surface area contributed by atoms with Crippen molar-refractivity contribution >= 4 is 17.9 Å². The predicted octanol–water partition coefficient (Wildman–Crippen LogP) is 3.92. The molecule has 1 aliphatic heterocycles. The smallest absolute Gasteiger partial charge is 0.410 e. The van der Waals surface area contributed by atoms with Gasteiger partial charge in [-0.3, -0.25) is 4.98 Å². The van der Waals surface area contributed by atoms with E-state index < -0.39 is 11.7 Å². The predicted molar refractivity (Wildman–Crippen MR) is 130 cm³/mol. The number of fused-ring (bicyclic) bond motifs is 1. The Labute approximate surface area is 201 Å². The minimum atomic E-state index is -0.484. The zero-order valence-corrected chi connectivity index (χ0v) is 20.3. The fourth-order valence-electron chi connectivity index (χ4n) is 4.29. The molecule has 1 aliphatic carbocycles. The number of hydrogen-bond donors (Lipinski definition) is 1. The number of aromatic nitrogens is 1. The highest BCUT2D eigenvalue weighted by atomic mass is 16.6. The highest BCUT2D eigenvalue weighted by Gasteiger charge is 2.27. The van der Waals surface area contributed by atoms with Gasteiger partial charge in [-0.2, -0.15) is 0 Å². The van der Waals surface area contributed by atoms with Crippen molar-refractivity contribution in [1.82, 2.24) is 15.2 Å². The van der Waals surface area contributed by atoms with Crippen molar-refractivity contribution < 1.29 is 19.1 Å². The van der Waals surface area contributed by atoms with E-state index in [1.807, 2.05) is 57.3 Å². The Bertz CT molecular complexity index is 998. The Hall–Kier alpha value is -3.29. The molecule has 1 fully saturated rings. The lowest BCUT2D eigenvalue weighted by atomic mass is 9.92. The molecule has 1 saturated heterocycles. The van der Waals surface area contributed by atoms with E-state index in [-0.39, 0.29) is 18.7 Å². The Morgan fingerprint density at radius 3 is 2.56 bits per heavy atom. The van der Waals surface area contributed by atoms with Crippen LogP contribution in [0.4, 0.5) is 15.3 Å². The molecule has 1 aromatic carbocycles. The maximum atomic E-state index is 12.3. The number of carbonyl (C=O) groups is 2. The van der Waals surface area contributed by atoms with Gasteiger partial charge in [0.15, 0.2) is 0 Å². The van der Waals surface area contributed by atoms with Gasteiger partial charge in [0.2, 0.25) is 0 Å². The van der Waals surface area contributed by atoms with E-state index in [1.165, 1.54) is 5.56 Å². The van der Waals surface area contributed by atoms with Crippen LogP contribution in [0.5, 0.6) is 0 Å². The first-order chi connectivity index (χ1) is 16.3. The van der Waals surface area contributed by atoms with Crippen LogP contribution in [-0.2, 0) is 28.9 Å². The van der Waals surface area contributed by atoms with Gasteiger partial charge in [0.05, 0.1) is 11.9 Å². The van der Waals surface area contributed by atoms with Crippen LogP contribution in [0, 0.1) is 0 Å². The van der Waals surface area contributed by atoms with Crippen molar-refractivity contribution in [2.75, 3.05) is 31.1 Å².